The number of carbonyl (C=O) groups is 1. The normalized spacial score (nSPS) is 10.4. The second-order valence-electron chi connectivity index (χ2n) is 2.69. The molecular weight excluding hydrogens is 186 g/mol. The van der Waals surface area contributed by atoms with Crippen LogP contribution in [0.25, 0.3) is 0 Å². The molecule has 0 radical (unpaired) electrons. The number of aromatic nitrogens is 3. The highest BCUT2D eigenvalue weighted by atomic mass is 16.5. The van der Waals surface area contributed by atoms with Gasteiger partial charge in [0, 0.05) is 14.2 Å². The molecule has 14 heavy (non-hydrogen) atoms. The first kappa shape index (κ1) is 10.8. The molecule has 1 rings (SSSR count). The molecule has 1 heterocycles. The number of methoxy groups -OCH3 is 2. The van der Waals surface area contributed by atoms with Gasteiger partial charge in [-0.05, 0) is 0 Å². The number of ether oxygens (including phenoxy) is 2. The van der Waals surface area contributed by atoms with E-state index in [9.17, 15) is 4.79 Å². The van der Waals surface area contributed by atoms with Crippen LogP contribution < -0.4 is 0 Å². The molecule has 0 bridgehead atoms. The molecule has 0 saturated carbocycles. The lowest BCUT2D eigenvalue weighted by molar-refractivity contribution is 0.0834. The Morgan fingerprint density at radius 1 is 1.50 bits per heavy atom. The van der Waals surface area contributed by atoms with Gasteiger partial charge in [0.2, 0.25) is 5.78 Å². The van der Waals surface area contributed by atoms with Crippen LogP contribution in [0.2, 0.25) is 0 Å². The van der Waals surface area contributed by atoms with E-state index in [4.69, 9.17) is 9.47 Å². The fraction of sp³-hybridized carbons (Fsp3) is 0.625. The molecule has 0 aliphatic heterocycles. The minimum Gasteiger partial charge on any atom is -0.383 e. The topological polar surface area (TPSA) is 66.2 Å². The molecule has 78 valence electrons. The summed E-state index contributed by atoms with van der Waals surface area (Å²) in [5.74, 6) is -0.131. The van der Waals surface area contributed by atoms with Gasteiger partial charge in [0.25, 0.3) is 0 Å². The maximum absolute atomic E-state index is 11.4. The van der Waals surface area contributed by atoms with Crippen molar-refractivity contribution in [3.8, 4) is 0 Å². The van der Waals surface area contributed by atoms with E-state index < -0.39 is 0 Å². The summed E-state index contributed by atoms with van der Waals surface area (Å²) in [5, 5.41) is 7.43. The van der Waals surface area contributed by atoms with Crippen LogP contribution in [-0.4, -0.2) is 48.2 Å². The molecule has 0 amide bonds. The number of hydrogen-bond donors (Lipinski definition) is 0. The van der Waals surface area contributed by atoms with Crippen LogP contribution in [0, 0.1) is 0 Å². The van der Waals surface area contributed by atoms with E-state index in [1.807, 2.05) is 0 Å². The maximum Gasteiger partial charge on any atom is 0.208 e. The Morgan fingerprint density at radius 2 is 2.29 bits per heavy atom. The van der Waals surface area contributed by atoms with Crippen molar-refractivity contribution in [3.05, 3.63) is 11.9 Å². The lowest BCUT2D eigenvalue weighted by Crippen LogP contribution is -2.16. The Morgan fingerprint density at radius 3 is 2.93 bits per heavy atom. The molecule has 0 atom stereocenters. The fourth-order valence-corrected chi connectivity index (χ4v) is 1.02. The summed E-state index contributed by atoms with van der Waals surface area (Å²) < 4.78 is 11.1. The number of rotatable bonds is 6. The highest BCUT2D eigenvalue weighted by Gasteiger charge is 2.12. The standard InChI is InChI=1S/C8H13N3O3/c1-13-4-3-11-7(5-9-10-11)8(12)6-14-2/h5H,3-4,6H2,1-2H3. The smallest absolute Gasteiger partial charge is 0.208 e. The van der Waals surface area contributed by atoms with E-state index in [0.29, 0.717) is 18.8 Å². The third kappa shape index (κ3) is 2.61. The summed E-state index contributed by atoms with van der Waals surface area (Å²) in [6.45, 7) is 1.05. The monoisotopic (exact) mass is 199 g/mol. The summed E-state index contributed by atoms with van der Waals surface area (Å²) in [6, 6.07) is 0. The molecular formula is C8H13N3O3. The zero-order valence-electron chi connectivity index (χ0n) is 8.27. The number of nitrogens with zero attached hydrogens (tertiary/aromatic N) is 3. The predicted octanol–water partition coefficient (Wildman–Crippen LogP) is -0.246. The van der Waals surface area contributed by atoms with Crippen molar-refractivity contribution in [2.45, 2.75) is 6.54 Å². The molecule has 6 heteroatoms. The van der Waals surface area contributed by atoms with Gasteiger partial charge in [-0.15, -0.1) is 5.10 Å². The summed E-state index contributed by atoms with van der Waals surface area (Å²) in [6.07, 6.45) is 1.43. The summed E-state index contributed by atoms with van der Waals surface area (Å²) in [5.41, 5.74) is 0.448. The Bertz CT molecular complexity index is 298. The van der Waals surface area contributed by atoms with Gasteiger partial charge in [0.15, 0.2) is 0 Å². The molecule has 0 aromatic carbocycles. The Labute approximate surface area is 81.8 Å². The van der Waals surface area contributed by atoms with Crippen molar-refractivity contribution in [2.75, 3.05) is 27.4 Å². The largest absolute Gasteiger partial charge is 0.383 e. The minimum atomic E-state index is -0.131. The number of carbonyl (C=O) groups excluding carboxylic acids is 1. The molecule has 0 aliphatic rings. The third-order valence-electron chi connectivity index (χ3n) is 1.69. The fourth-order valence-electron chi connectivity index (χ4n) is 1.02. The van der Waals surface area contributed by atoms with Crippen LogP contribution >= 0.6 is 0 Å². The number of Topliss-reactive ketones (excluding diaryl/α,β-unsaturated/α-hetero) is 1. The highest BCUT2D eigenvalue weighted by Crippen LogP contribution is 1.98. The number of ketones is 1. The lowest BCUT2D eigenvalue weighted by atomic mass is 10.3. The Balaban J connectivity index is 2.66. The third-order valence-corrected chi connectivity index (χ3v) is 1.69. The molecule has 0 aliphatic carbocycles. The first-order chi connectivity index (χ1) is 6.79. The summed E-state index contributed by atoms with van der Waals surface area (Å²) >= 11 is 0. The first-order valence-corrected chi connectivity index (χ1v) is 4.19. The van der Waals surface area contributed by atoms with Gasteiger partial charge in [-0.2, -0.15) is 0 Å². The minimum absolute atomic E-state index is 0.0420. The van der Waals surface area contributed by atoms with Gasteiger partial charge in [-0.3, -0.25) is 4.79 Å². The average molecular weight is 199 g/mol. The van der Waals surface area contributed by atoms with Crippen LogP contribution in [0.4, 0.5) is 0 Å². The lowest BCUT2D eigenvalue weighted by Gasteiger charge is -2.03. The Hall–Kier alpha value is -1.27. The van der Waals surface area contributed by atoms with E-state index in [2.05, 4.69) is 10.3 Å². The van der Waals surface area contributed by atoms with Gasteiger partial charge in [-0.25, -0.2) is 4.68 Å². The van der Waals surface area contributed by atoms with E-state index in [1.165, 1.54) is 18.0 Å². The van der Waals surface area contributed by atoms with Crippen molar-refractivity contribution in [3.63, 3.8) is 0 Å². The zero-order valence-corrected chi connectivity index (χ0v) is 8.27. The van der Waals surface area contributed by atoms with Gasteiger partial charge in [0.1, 0.15) is 12.3 Å². The molecule has 0 spiro atoms. The first-order valence-electron chi connectivity index (χ1n) is 4.19. The van der Waals surface area contributed by atoms with Crippen LogP contribution in [-0.2, 0) is 16.0 Å². The van der Waals surface area contributed by atoms with Crippen molar-refractivity contribution in [2.24, 2.45) is 0 Å². The van der Waals surface area contributed by atoms with Gasteiger partial charge in [-0.1, -0.05) is 5.21 Å². The van der Waals surface area contributed by atoms with E-state index >= 15 is 0 Å². The second-order valence-corrected chi connectivity index (χ2v) is 2.69. The number of hydrogen-bond acceptors (Lipinski definition) is 5. The molecule has 0 fully saturated rings. The average Bonchev–Trinajstić information content (AvgIpc) is 2.63. The van der Waals surface area contributed by atoms with E-state index in [1.54, 1.807) is 7.11 Å². The van der Waals surface area contributed by atoms with Gasteiger partial charge in [0.05, 0.1) is 19.3 Å². The van der Waals surface area contributed by atoms with Crippen LogP contribution in [0.15, 0.2) is 6.20 Å². The van der Waals surface area contributed by atoms with Crippen molar-refractivity contribution in [1.29, 1.82) is 0 Å². The zero-order chi connectivity index (χ0) is 10.4. The molecule has 0 N–H and O–H groups in total. The molecule has 1 aromatic rings. The highest BCUT2D eigenvalue weighted by molar-refractivity contribution is 5.95. The van der Waals surface area contributed by atoms with Crippen LogP contribution in [0.1, 0.15) is 10.5 Å². The predicted molar refractivity (Wildman–Crippen MR) is 48.1 cm³/mol. The van der Waals surface area contributed by atoms with Crippen LogP contribution in [0.3, 0.4) is 0 Å². The summed E-state index contributed by atoms with van der Waals surface area (Å²) in [4.78, 5) is 11.4. The van der Waals surface area contributed by atoms with Gasteiger partial charge < -0.3 is 9.47 Å². The van der Waals surface area contributed by atoms with Crippen molar-refractivity contribution < 1.29 is 14.3 Å². The molecule has 1 aromatic heterocycles. The molecule has 0 unspecified atom stereocenters. The van der Waals surface area contributed by atoms with E-state index in [0.717, 1.165) is 0 Å². The van der Waals surface area contributed by atoms with Crippen molar-refractivity contribution in [1.82, 2.24) is 15.0 Å². The quantitative estimate of drug-likeness (QED) is 0.591. The van der Waals surface area contributed by atoms with Crippen LogP contribution in [0.5, 0.6) is 0 Å². The molecule has 0 saturated heterocycles. The maximum atomic E-state index is 11.4. The molecule has 6 nitrogen and oxygen atoms in total. The van der Waals surface area contributed by atoms with Gasteiger partial charge >= 0.3 is 0 Å². The Kier molecular flexibility index (Phi) is 4.21. The van der Waals surface area contributed by atoms with Crippen molar-refractivity contribution >= 4 is 5.78 Å². The summed E-state index contributed by atoms with van der Waals surface area (Å²) in [7, 11) is 3.06. The SMILES string of the molecule is COCCn1nncc1C(=O)COC. The second kappa shape index (κ2) is 5.46. The van der Waals surface area contributed by atoms with E-state index in [-0.39, 0.29) is 12.4 Å².